The van der Waals surface area contributed by atoms with Crippen molar-refractivity contribution in [2.75, 3.05) is 17.2 Å². The summed E-state index contributed by atoms with van der Waals surface area (Å²) in [5.41, 5.74) is 2.26. The molecule has 0 radical (unpaired) electrons. The second kappa shape index (κ2) is 5.83. The Morgan fingerprint density at radius 2 is 2.11 bits per heavy atom. The molecule has 96 valence electrons. The SMILES string of the molecule is CCNc1ncc(C)c(Nc2ccccc2C#N)n1. The molecule has 1 aromatic carbocycles. The highest BCUT2D eigenvalue weighted by atomic mass is 15.1. The number of rotatable bonds is 4. The van der Waals surface area contributed by atoms with Crippen LogP contribution in [0.2, 0.25) is 0 Å². The lowest BCUT2D eigenvalue weighted by molar-refractivity contribution is 1.07. The maximum atomic E-state index is 9.07. The molecule has 0 fully saturated rings. The summed E-state index contributed by atoms with van der Waals surface area (Å²) in [6, 6.07) is 9.49. The van der Waals surface area contributed by atoms with Crippen LogP contribution in [0.4, 0.5) is 17.5 Å². The fraction of sp³-hybridized carbons (Fsp3) is 0.214. The Morgan fingerprint density at radius 3 is 2.84 bits per heavy atom. The summed E-state index contributed by atoms with van der Waals surface area (Å²) < 4.78 is 0. The lowest BCUT2D eigenvalue weighted by atomic mass is 10.2. The Morgan fingerprint density at radius 1 is 1.32 bits per heavy atom. The predicted molar refractivity (Wildman–Crippen MR) is 75.4 cm³/mol. The number of hydrogen-bond donors (Lipinski definition) is 2. The highest BCUT2D eigenvalue weighted by Gasteiger charge is 2.06. The van der Waals surface area contributed by atoms with Crippen LogP contribution in [0.5, 0.6) is 0 Å². The molecule has 5 heteroatoms. The van der Waals surface area contributed by atoms with E-state index in [4.69, 9.17) is 5.26 Å². The first kappa shape index (κ1) is 12.8. The standard InChI is InChI=1S/C14H15N5/c1-3-16-14-17-9-10(2)13(19-14)18-12-7-5-4-6-11(12)8-15/h4-7,9H,3H2,1-2H3,(H2,16,17,18,19). The van der Waals surface area contributed by atoms with Crippen molar-refractivity contribution < 1.29 is 0 Å². The van der Waals surface area contributed by atoms with Crippen molar-refractivity contribution in [1.29, 1.82) is 5.26 Å². The molecular formula is C14H15N5. The minimum atomic E-state index is 0.574. The molecule has 0 aliphatic heterocycles. The van der Waals surface area contributed by atoms with E-state index in [1.165, 1.54) is 0 Å². The van der Waals surface area contributed by atoms with E-state index in [1.54, 1.807) is 12.3 Å². The number of aromatic nitrogens is 2. The average molecular weight is 253 g/mol. The van der Waals surface area contributed by atoms with Gasteiger partial charge in [-0.15, -0.1) is 0 Å². The third-order valence-corrected chi connectivity index (χ3v) is 2.61. The van der Waals surface area contributed by atoms with Crippen molar-refractivity contribution in [2.45, 2.75) is 13.8 Å². The van der Waals surface area contributed by atoms with Crippen molar-refractivity contribution in [3.05, 3.63) is 41.6 Å². The highest BCUT2D eigenvalue weighted by Crippen LogP contribution is 2.21. The first-order valence-electron chi connectivity index (χ1n) is 6.08. The zero-order valence-electron chi connectivity index (χ0n) is 10.9. The molecule has 2 N–H and O–H groups in total. The molecule has 0 saturated carbocycles. The minimum Gasteiger partial charge on any atom is -0.354 e. The first-order chi connectivity index (χ1) is 9.24. The quantitative estimate of drug-likeness (QED) is 0.876. The lowest BCUT2D eigenvalue weighted by Gasteiger charge is -2.11. The van der Waals surface area contributed by atoms with Crippen molar-refractivity contribution in [3.8, 4) is 6.07 Å². The number of para-hydroxylation sites is 1. The van der Waals surface area contributed by atoms with Gasteiger partial charge in [0.05, 0.1) is 11.3 Å². The van der Waals surface area contributed by atoms with Gasteiger partial charge < -0.3 is 10.6 Å². The molecule has 0 aliphatic carbocycles. The van der Waals surface area contributed by atoms with Crippen LogP contribution in [0.1, 0.15) is 18.1 Å². The average Bonchev–Trinajstić information content (AvgIpc) is 2.43. The predicted octanol–water partition coefficient (Wildman–Crippen LogP) is 2.83. The number of nitriles is 1. The Kier molecular flexibility index (Phi) is 3.94. The van der Waals surface area contributed by atoms with E-state index >= 15 is 0 Å². The van der Waals surface area contributed by atoms with Crippen LogP contribution in [0, 0.1) is 18.3 Å². The van der Waals surface area contributed by atoms with Gasteiger partial charge in [0.1, 0.15) is 11.9 Å². The summed E-state index contributed by atoms with van der Waals surface area (Å²) in [7, 11) is 0. The van der Waals surface area contributed by atoms with E-state index in [-0.39, 0.29) is 0 Å². The van der Waals surface area contributed by atoms with E-state index < -0.39 is 0 Å². The second-order valence-electron chi connectivity index (χ2n) is 4.04. The molecule has 1 aromatic heterocycles. The molecule has 0 bridgehead atoms. The monoisotopic (exact) mass is 253 g/mol. The third-order valence-electron chi connectivity index (χ3n) is 2.61. The van der Waals surface area contributed by atoms with E-state index in [1.807, 2.05) is 32.0 Å². The first-order valence-corrected chi connectivity index (χ1v) is 6.08. The minimum absolute atomic E-state index is 0.574. The number of anilines is 3. The summed E-state index contributed by atoms with van der Waals surface area (Å²) in [4.78, 5) is 8.58. The topological polar surface area (TPSA) is 73.6 Å². The summed E-state index contributed by atoms with van der Waals surface area (Å²) in [5.74, 6) is 1.28. The number of benzene rings is 1. The van der Waals surface area contributed by atoms with Gasteiger partial charge in [-0.3, -0.25) is 0 Å². The summed E-state index contributed by atoms with van der Waals surface area (Å²) in [5, 5.41) is 15.3. The number of nitrogens with zero attached hydrogens (tertiary/aromatic N) is 3. The van der Waals surface area contributed by atoms with Gasteiger partial charge in [0.2, 0.25) is 5.95 Å². The molecule has 0 atom stereocenters. The van der Waals surface area contributed by atoms with Gasteiger partial charge in [0.15, 0.2) is 0 Å². The zero-order chi connectivity index (χ0) is 13.7. The Labute approximate surface area is 112 Å². The Bertz CT molecular complexity index is 615. The lowest BCUT2D eigenvalue weighted by Crippen LogP contribution is -2.05. The molecule has 0 saturated heterocycles. The second-order valence-corrected chi connectivity index (χ2v) is 4.04. The summed E-state index contributed by atoms with van der Waals surface area (Å²) in [6.45, 7) is 4.67. The van der Waals surface area contributed by atoms with Crippen LogP contribution in [-0.4, -0.2) is 16.5 Å². The van der Waals surface area contributed by atoms with E-state index in [9.17, 15) is 0 Å². The molecule has 0 amide bonds. The summed E-state index contributed by atoms with van der Waals surface area (Å²) in [6.07, 6.45) is 1.75. The fourth-order valence-corrected chi connectivity index (χ4v) is 1.63. The normalized spacial score (nSPS) is 9.74. The zero-order valence-corrected chi connectivity index (χ0v) is 10.9. The van der Waals surface area contributed by atoms with Crippen molar-refractivity contribution in [3.63, 3.8) is 0 Å². The summed E-state index contributed by atoms with van der Waals surface area (Å²) >= 11 is 0. The number of hydrogen-bond acceptors (Lipinski definition) is 5. The third kappa shape index (κ3) is 2.99. The molecule has 5 nitrogen and oxygen atoms in total. The van der Waals surface area contributed by atoms with Crippen LogP contribution >= 0.6 is 0 Å². The maximum absolute atomic E-state index is 9.07. The Balaban J connectivity index is 2.32. The fourth-order valence-electron chi connectivity index (χ4n) is 1.63. The maximum Gasteiger partial charge on any atom is 0.224 e. The van der Waals surface area contributed by atoms with Gasteiger partial charge in [0.25, 0.3) is 0 Å². The van der Waals surface area contributed by atoms with Crippen LogP contribution in [0.15, 0.2) is 30.5 Å². The van der Waals surface area contributed by atoms with Crippen LogP contribution in [0.25, 0.3) is 0 Å². The molecule has 2 aromatic rings. The molecule has 0 spiro atoms. The van der Waals surface area contributed by atoms with E-state index in [2.05, 4.69) is 26.7 Å². The largest absolute Gasteiger partial charge is 0.354 e. The van der Waals surface area contributed by atoms with Crippen molar-refractivity contribution >= 4 is 17.5 Å². The van der Waals surface area contributed by atoms with Gasteiger partial charge in [-0.1, -0.05) is 12.1 Å². The van der Waals surface area contributed by atoms with Gasteiger partial charge in [-0.2, -0.15) is 10.2 Å². The van der Waals surface area contributed by atoms with E-state index in [0.717, 1.165) is 17.8 Å². The van der Waals surface area contributed by atoms with Crippen LogP contribution in [0.3, 0.4) is 0 Å². The molecule has 2 rings (SSSR count). The van der Waals surface area contributed by atoms with Gasteiger partial charge in [-0.05, 0) is 26.0 Å². The van der Waals surface area contributed by atoms with Gasteiger partial charge in [0, 0.05) is 18.3 Å². The molecular weight excluding hydrogens is 238 g/mol. The molecule has 0 aliphatic rings. The van der Waals surface area contributed by atoms with Gasteiger partial charge in [-0.25, -0.2) is 4.98 Å². The molecule has 0 unspecified atom stereocenters. The number of nitrogens with one attached hydrogen (secondary N) is 2. The smallest absolute Gasteiger partial charge is 0.224 e. The van der Waals surface area contributed by atoms with Gasteiger partial charge >= 0.3 is 0 Å². The Hall–Kier alpha value is -2.61. The number of aryl methyl sites for hydroxylation is 1. The van der Waals surface area contributed by atoms with Crippen molar-refractivity contribution in [2.24, 2.45) is 0 Å². The molecule has 1 heterocycles. The van der Waals surface area contributed by atoms with Crippen LogP contribution < -0.4 is 10.6 Å². The highest BCUT2D eigenvalue weighted by molar-refractivity contribution is 5.66. The van der Waals surface area contributed by atoms with E-state index in [0.29, 0.717) is 17.3 Å². The van der Waals surface area contributed by atoms with Crippen molar-refractivity contribution in [1.82, 2.24) is 9.97 Å². The van der Waals surface area contributed by atoms with Crippen LogP contribution in [-0.2, 0) is 0 Å². The molecule has 19 heavy (non-hydrogen) atoms.